The molecule has 3 rings (SSSR count). The number of nitro benzene ring substituents is 1. The summed E-state index contributed by atoms with van der Waals surface area (Å²) in [6.45, 7) is 1.36. The van der Waals surface area contributed by atoms with Crippen molar-refractivity contribution in [3.05, 3.63) is 58.3 Å². The van der Waals surface area contributed by atoms with Crippen molar-refractivity contribution < 1.29 is 19.2 Å². The first-order valence-electron chi connectivity index (χ1n) is 7.88. The molecule has 1 fully saturated rings. The molecular formula is C17H17N3O5. The van der Waals surface area contributed by atoms with Gasteiger partial charge in [0.25, 0.3) is 11.6 Å². The van der Waals surface area contributed by atoms with Crippen LogP contribution in [0.5, 0.6) is 5.88 Å². The molecule has 1 aliphatic rings. The standard InChI is InChI=1S/C17H17N3O5/c21-17(19-13-2-4-14(5-3-13)20(22)23)12-1-6-16(18-11-12)25-15-7-9-24-10-8-15/h1-6,11,15H,7-10H2,(H,19,21). The van der Waals surface area contributed by atoms with Crippen LogP contribution in [-0.2, 0) is 4.74 Å². The highest BCUT2D eigenvalue weighted by atomic mass is 16.6. The highest BCUT2D eigenvalue weighted by molar-refractivity contribution is 6.04. The lowest BCUT2D eigenvalue weighted by Gasteiger charge is -2.22. The largest absolute Gasteiger partial charge is 0.474 e. The van der Waals surface area contributed by atoms with Crippen molar-refractivity contribution in [2.24, 2.45) is 0 Å². The van der Waals surface area contributed by atoms with Gasteiger partial charge in [0.2, 0.25) is 5.88 Å². The van der Waals surface area contributed by atoms with E-state index in [0.717, 1.165) is 12.8 Å². The Labute approximate surface area is 143 Å². The van der Waals surface area contributed by atoms with Crippen LogP contribution in [0.25, 0.3) is 0 Å². The first-order chi connectivity index (χ1) is 12.1. The highest BCUT2D eigenvalue weighted by Crippen LogP contribution is 2.18. The van der Waals surface area contributed by atoms with E-state index in [-0.39, 0.29) is 17.7 Å². The summed E-state index contributed by atoms with van der Waals surface area (Å²) in [6, 6.07) is 8.90. The van der Waals surface area contributed by atoms with Gasteiger partial charge in [-0.15, -0.1) is 0 Å². The minimum absolute atomic E-state index is 0.0331. The molecule has 8 heteroatoms. The van der Waals surface area contributed by atoms with Crippen LogP contribution >= 0.6 is 0 Å². The van der Waals surface area contributed by atoms with E-state index in [0.29, 0.717) is 30.3 Å². The van der Waals surface area contributed by atoms with Gasteiger partial charge in [-0.25, -0.2) is 4.98 Å². The van der Waals surface area contributed by atoms with Gasteiger partial charge in [0, 0.05) is 42.9 Å². The molecule has 2 heterocycles. The van der Waals surface area contributed by atoms with E-state index in [4.69, 9.17) is 9.47 Å². The van der Waals surface area contributed by atoms with Gasteiger partial charge in [-0.05, 0) is 18.2 Å². The maximum atomic E-state index is 12.2. The van der Waals surface area contributed by atoms with Crippen LogP contribution in [0.4, 0.5) is 11.4 Å². The second-order valence-electron chi connectivity index (χ2n) is 5.57. The molecule has 0 saturated carbocycles. The molecule has 0 atom stereocenters. The predicted octanol–water partition coefficient (Wildman–Crippen LogP) is 2.80. The maximum absolute atomic E-state index is 12.2. The van der Waals surface area contributed by atoms with Crippen molar-refractivity contribution in [1.82, 2.24) is 4.98 Å². The zero-order valence-corrected chi connectivity index (χ0v) is 13.4. The van der Waals surface area contributed by atoms with E-state index in [2.05, 4.69) is 10.3 Å². The van der Waals surface area contributed by atoms with Crippen LogP contribution in [0.2, 0.25) is 0 Å². The highest BCUT2D eigenvalue weighted by Gasteiger charge is 2.16. The third-order valence-corrected chi connectivity index (χ3v) is 3.79. The molecular weight excluding hydrogens is 326 g/mol. The number of hydrogen-bond donors (Lipinski definition) is 1. The minimum atomic E-state index is -0.493. The van der Waals surface area contributed by atoms with Crippen LogP contribution in [0.15, 0.2) is 42.6 Å². The molecule has 2 aromatic rings. The van der Waals surface area contributed by atoms with E-state index >= 15 is 0 Å². The van der Waals surface area contributed by atoms with Gasteiger partial charge in [0.15, 0.2) is 0 Å². The number of anilines is 1. The van der Waals surface area contributed by atoms with Crippen molar-refractivity contribution in [1.29, 1.82) is 0 Å². The Kier molecular flexibility index (Phi) is 5.20. The molecule has 0 bridgehead atoms. The summed E-state index contributed by atoms with van der Waals surface area (Å²) < 4.78 is 11.0. The quantitative estimate of drug-likeness (QED) is 0.661. The van der Waals surface area contributed by atoms with Gasteiger partial charge in [0.05, 0.1) is 23.7 Å². The van der Waals surface area contributed by atoms with Crippen molar-refractivity contribution in [3.63, 3.8) is 0 Å². The summed E-state index contributed by atoms with van der Waals surface area (Å²) in [4.78, 5) is 26.5. The molecule has 8 nitrogen and oxygen atoms in total. The Balaban J connectivity index is 1.59. The molecule has 0 radical (unpaired) electrons. The van der Waals surface area contributed by atoms with Crippen LogP contribution in [0.3, 0.4) is 0 Å². The topological polar surface area (TPSA) is 104 Å². The Morgan fingerprint density at radius 2 is 1.92 bits per heavy atom. The lowest BCUT2D eigenvalue weighted by Crippen LogP contribution is -2.26. The number of carbonyl (C=O) groups is 1. The van der Waals surface area contributed by atoms with E-state index < -0.39 is 4.92 Å². The Bertz CT molecular complexity index is 740. The second-order valence-corrected chi connectivity index (χ2v) is 5.57. The molecule has 0 unspecified atom stereocenters. The van der Waals surface area contributed by atoms with E-state index in [1.165, 1.54) is 30.5 Å². The molecule has 1 amide bonds. The van der Waals surface area contributed by atoms with Gasteiger partial charge in [0.1, 0.15) is 6.10 Å². The summed E-state index contributed by atoms with van der Waals surface area (Å²) in [5, 5.41) is 13.3. The van der Waals surface area contributed by atoms with Gasteiger partial charge in [-0.2, -0.15) is 0 Å². The number of pyridine rings is 1. The van der Waals surface area contributed by atoms with Gasteiger partial charge in [-0.1, -0.05) is 0 Å². The fraction of sp³-hybridized carbons (Fsp3) is 0.294. The lowest BCUT2D eigenvalue weighted by atomic mass is 10.1. The number of amides is 1. The second kappa shape index (κ2) is 7.71. The molecule has 1 aromatic heterocycles. The summed E-state index contributed by atoms with van der Waals surface area (Å²) >= 11 is 0. The number of rotatable bonds is 5. The van der Waals surface area contributed by atoms with Crippen molar-refractivity contribution >= 4 is 17.3 Å². The Hall–Kier alpha value is -3.00. The van der Waals surface area contributed by atoms with E-state index in [9.17, 15) is 14.9 Å². The average Bonchev–Trinajstić information content (AvgIpc) is 2.63. The normalized spacial score (nSPS) is 14.7. The van der Waals surface area contributed by atoms with Crippen LogP contribution in [0.1, 0.15) is 23.2 Å². The number of nitro groups is 1. The fourth-order valence-corrected chi connectivity index (χ4v) is 2.42. The third kappa shape index (κ3) is 4.51. The molecule has 1 saturated heterocycles. The average molecular weight is 343 g/mol. The van der Waals surface area contributed by atoms with E-state index in [1.807, 2.05) is 0 Å². The number of carbonyl (C=O) groups excluding carboxylic acids is 1. The number of ether oxygens (including phenoxy) is 2. The van der Waals surface area contributed by atoms with Gasteiger partial charge < -0.3 is 14.8 Å². The molecule has 1 aromatic carbocycles. The zero-order valence-electron chi connectivity index (χ0n) is 13.4. The monoisotopic (exact) mass is 343 g/mol. The number of non-ortho nitro benzene ring substituents is 1. The number of nitrogens with one attached hydrogen (secondary N) is 1. The van der Waals surface area contributed by atoms with Crippen molar-refractivity contribution in [2.75, 3.05) is 18.5 Å². The number of aromatic nitrogens is 1. The summed E-state index contributed by atoms with van der Waals surface area (Å²) in [5.41, 5.74) is 0.810. The molecule has 0 spiro atoms. The summed E-state index contributed by atoms with van der Waals surface area (Å²) in [6.07, 6.45) is 3.17. The first kappa shape index (κ1) is 16.8. The predicted molar refractivity (Wildman–Crippen MR) is 89.8 cm³/mol. The Morgan fingerprint density at radius 3 is 2.52 bits per heavy atom. The smallest absolute Gasteiger partial charge is 0.269 e. The third-order valence-electron chi connectivity index (χ3n) is 3.79. The van der Waals surface area contributed by atoms with Crippen LogP contribution < -0.4 is 10.1 Å². The summed E-state index contributed by atoms with van der Waals surface area (Å²) in [7, 11) is 0. The van der Waals surface area contributed by atoms with Gasteiger partial charge in [-0.3, -0.25) is 14.9 Å². The number of benzene rings is 1. The van der Waals surface area contributed by atoms with Crippen LogP contribution in [-0.4, -0.2) is 35.1 Å². The Morgan fingerprint density at radius 1 is 1.20 bits per heavy atom. The molecule has 1 N–H and O–H groups in total. The van der Waals surface area contributed by atoms with Crippen molar-refractivity contribution in [3.8, 4) is 5.88 Å². The van der Waals surface area contributed by atoms with E-state index in [1.54, 1.807) is 12.1 Å². The molecule has 25 heavy (non-hydrogen) atoms. The zero-order chi connectivity index (χ0) is 17.6. The number of nitrogens with zero attached hydrogens (tertiary/aromatic N) is 2. The van der Waals surface area contributed by atoms with Crippen molar-refractivity contribution in [2.45, 2.75) is 18.9 Å². The minimum Gasteiger partial charge on any atom is -0.474 e. The number of hydrogen-bond acceptors (Lipinski definition) is 6. The molecule has 130 valence electrons. The SMILES string of the molecule is O=C(Nc1ccc([N+](=O)[O-])cc1)c1ccc(OC2CCOCC2)nc1. The van der Waals surface area contributed by atoms with Gasteiger partial charge >= 0.3 is 0 Å². The molecule has 1 aliphatic heterocycles. The lowest BCUT2D eigenvalue weighted by molar-refractivity contribution is -0.384. The summed E-state index contributed by atoms with van der Waals surface area (Å²) in [5.74, 6) is 0.123. The fourth-order valence-electron chi connectivity index (χ4n) is 2.42. The first-order valence-corrected chi connectivity index (χ1v) is 7.88. The molecule has 0 aliphatic carbocycles. The van der Waals surface area contributed by atoms with Crippen LogP contribution in [0, 0.1) is 10.1 Å². The maximum Gasteiger partial charge on any atom is 0.269 e.